The highest BCUT2D eigenvalue weighted by atomic mass is 16.6. The molecule has 0 fully saturated rings. The molecule has 0 bridgehead atoms. The lowest BCUT2D eigenvalue weighted by atomic mass is 10.00. The summed E-state index contributed by atoms with van der Waals surface area (Å²) in [7, 11) is 0. The summed E-state index contributed by atoms with van der Waals surface area (Å²) in [6.45, 7) is 9.82. The third-order valence-electron chi connectivity index (χ3n) is 6.30. The minimum Gasteiger partial charge on any atom is -0.508 e. The molecule has 0 aliphatic rings. The quantitative estimate of drug-likeness (QED) is 0.190. The Morgan fingerprint density at radius 3 is 2.15 bits per heavy atom. The van der Waals surface area contributed by atoms with E-state index in [0.29, 0.717) is 13.0 Å². The van der Waals surface area contributed by atoms with E-state index in [1.54, 1.807) is 39.0 Å². The molecule has 2 unspecified atom stereocenters. The van der Waals surface area contributed by atoms with Gasteiger partial charge >= 0.3 is 6.09 Å². The van der Waals surface area contributed by atoms with E-state index in [-0.39, 0.29) is 17.9 Å². The van der Waals surface area contributed by atoms with E-state index >= 15 is 0 Å². The number of hydrogen-bond donors (Lipinski definition) is 4. The molecule has 0 aliphatic heterocycles. The number of carbonyl (C=O) groups is 4. The highest BCUT2D eigenvalue weighted by Crippen LogP contribution is 2.30. The van der Waals surface area contributed by atoms with Gasteiger partial charge in [-0.15, -0.1) is 0 Å². The van der Waals surface area contributed by atoms with Crippen molar-refractivity contribution in [2.24, 2.45) is 5.73 Å². The smallest absolute Gasteiger partial charge is 0.408 e. The number of ether oxygens (including phenoxy) is 1. The molecule has 5 N–H and O–H groups in total. The Balaban J connectivity index is 3.42. The summed E-state index contributed by atoms with van der Waals surface area (Å²) in [5.74, 6) is -2.04. The SMILES string of the molecule is CCCCCCCCN(C(=O)C(CC(N)=O)NC(=O)OC(C)(C)C)C(C(=O)NCCCCC)c1ccccc1O. The first-order valence-electron chi connectivity index (χ1n) is 14.5. The molecule has 10 nitrogen and oxygen atoms in total. The van der Waals surface area contributed by atoms with Gasteiger partial charge in [-0.3, -0.25) is 14.4 Å². The van der Waals surface area contributed by atoms with Crippen molar-refractivity contribution in [2.75, 3.05) is 13.1 Å². The number of rotatable bonds is 18. The van der Waals surface area contributed by atoms with Crippen molar-refractivity contribution in [3.63, 3.8) is 0 Å². The molecule has 0 saturated carbocycles. The summed E-state index contributed by atoms with van der Waals surface area (Å²) in [6, 6.07) is 3.84. The molecule has 4 amide bonds. The van der Waals surface area contributed by atoms with Crippen molar-refractivity contribution in [2.45, 2.75) is 117 Å². The molecule has 226 valence electrons. The van der Waals surface area contributed by atoms with Gasteiger partial charge in [0.15, 0.2) is 0 Å². The second-order valence-electron chi connectivity index (χ2n) is 11.1. The Hall–Kier alpha value is -3.30. The van der Waals surface area contributed by atoms with Crippen LogP contribution < -0.4 is 16.4 Å². The number of unbranched alkanes of at least 4 members (excludes halogenated alkanes) is 7. The fourth-order valence-electron chi connectivity index (χ4n) is 4.33. The summed E-state index contributed by atoms with van der Waals surface area (Å²) in [6.07, 6.45) is 7.00. The van der Waals surface area contributed by atoms with Crippen LogP contribution >= 0.6 is 0 Å². The van der Waals surface area contributed by atoms with E-state index in [1.807, 2.05) is 0 Å². The van der Waals surface area contributed by atoms with Crippen LogP contribution in [0.3, 0.4) is 0 Å². The van der Waals surface area contributed by atoms with E-state index in [4.69, 9.17) is 10.5 Å². The van der Waals surface area contributed by atoms with Gasteiger partial charge in [-0.1, -0.05) is 77.0 Å². The highest BCUT2D eigenvalue weighted by molar-refractivity contribution is 5.94. The van der Waals surface area contributed by atoms with Gasteiger partial charge in [-0.2, -0.15) is 0 Å². The molecule has 0 saturated heterocycles. The lowest BCUT2D eigenvalue weighted by Crippen LogP contribution is -2.54. The first-order chi connectivity index (χ1) is 18.9. The van der Waals surface area contributed by atoms with Crippen LogP contribution in [-0.2, 0) is 19.1 Å². The largest absolute Gasteiger partial charge is 0.508 e. The van der Waals surface area contributed by atoms with E-state index in [2.05, 4.69) is 24.5 Å². The molecular weight excluding hydrogens is 512 g/mol. The van der Waals surface area contributed by atoms with Crippen LogP contribution in [0.2, 0.25) is 0 Å². The van der Waals surface area contributed by atoms with Crippen LogP contribution in [0, 0.1) is 0 Å². The van der Waals surface area contributed by atoms with Gasteiger partial charge < -0.3 is 31.1 Å². The molecule has 1 aromatic rings. The molecule has 0 spiro atoms. The summed E-state index contributed by atoms with van der Waals surface area (Å²) < 4.78 is 5.31. The maximum atomic E-state index is 14.0. The Morgan fingerprint density at radius 1 is 0.950 bits per heavy atom. The summed E-state index contributed by atoms with van der Waals surface area (Å²) in [5, 5.41) is 16.1. The maximum absolute atomic E-state index is 14.0. The molecule has 0 aliphatic carbocycles. The highest BCUT2D eigenvalue weighted by Gasteiger charge is 2.37. The van der Waals surface area contributed by atoms with Crippen molar-refractivity contribution >= 4 is 23.8 Å². The monoisotopic (exact) mass is 562 g/mol. The number of phenols is 1. The van der Waals surface area contributed by atoms with Gasteiger partial charge in [-0.25, -0.2) is 4.79 Å². The molecule has 10 heteroatoms. The van der Waals surface area contributed by atoms with Crippen LogP contribution in [0.25, 0.3) is 0 Å². The van der Waals surface area contributed by atoms with Crippen molar-refractivity contribution < 1.29 is 29.0 Å². The lowest BCUT2D eigenvalue weighted by molar-refractivity contribution is -0.143. The predicted octanol–water partition coefficient (Wildman–Crippen LogP) is 4.70. The normalized spacial score (nSPS) is 12.7. The number of hydrogen-bond acceptors (Lipinski definition) is 6. The summed E-state index contributed by atoms with van der Waals surface area (Å²) in [5.41, 5.74) is 4.87. The van der Waals surface area contributed by atoms with Gasteiger partial charge in [0.05, 0.1) is 6.42 Å². The number of nitrogens with one attached hydrogen (secondary N) is 2. The number of para-hydroxylation sites is 1. The molecule has 0 aromatic heterocycles. The summed E-state index contributed by atoms with van der Waals surface area (Å²) >= 11 is 0. The fraction of sp³-hybridized carbons (Fsp3) is 0.667. The Labute approximate surface area is 239 Å². The number of aromatic hydroxyl groups is 1. The first-order valence-corrected chi connectivity index (χ1v) is 14.5. The second kappa shape index (κ2) is 18.1. The van der Waals surface area contributed by atoms with Crippen molar-refractivity contribution in [1.82, 2.24) is 15.5 Å². The minimum absolute atomic E-state index is 0.136. The Morgan fingerprint density at radius 2 is 1.55 bits per heavy atom. The van der Waals surface area contributed by atoms with E-state index in [1.165, 1.54) is 11.0 Å². The Bertz CT molecular complexity index is 946. The van der Waals surface area contributed by atoms with Crippen LogP contribution in [-0.4, -0.2) is 58.6 Å². The Kier molecular flexibility index (Phi) is 15.7. The molecule has 2 atom stereocenters. The number of carbonyl (C=O) groups excluding carboxylic acids is 4. The zero-order valence-electron chi connectivity index (χ0n) is 25.0. The summed E-state index contributed by atoms with van der Waals surface area (Å²) in [4.78, 5) is 53.5. The van der Waals surface area contributed by atoms with Crippen molar-refractivity contribution in [3.8, 4) is 5.75 Å². The number of nitrogens with zero attached hydrogens (tertiary/aromatic N) is 1. The zero-order valence-corrected chi connectivity index (χ0v) is 25.0. The van der Waals surface area contributed by atoms with Gasteiger partial charge in [0.2, 0.25) is 17.7 Å². The topological polar surface area (TPSA) is 151 Å². The molecule has 0 radical (unpaired) electrons. The van der Waals surface area contributed by atoms with Gasteiger partial charge in [0.1, 0.15) is 23.4 Å². The van der Waals surface area contributed by atoms with Crippen LogP contribution in [0.5, 0.6) is 5.75 Å². The van der Waals surface area contributed by atoms with Crippen molar-refractivity contribution in [3.05, 3.63) is 29.8 Å². The average molecular weight is 563 g/mol. The van der Waals surface area contributed by atoms with Crippen LogP contribution in [0.4, 0.5) is 4.79 Å². The predicted molar refractivity (Wildman–Crippen MR) is 155 cm³/mol. The molecular formula is C30H50N4O6. The van der Waals surface area contributed by atoms with Gasteiger partial charge in [-0.05, 0) is 39.7 Å². The van der Waals surface area contributed by atoms with Gasteiger partial charge in [0, 0.05) is 18.7 Å². The van der Waals surface area contributed by atoms with E-state index < -0.39 is 47.9 Å². The first kappa shape index (κ1) is 34.7. The second-order valence-corrected chi connectivity index (χ2v) is 11.1. The number of nitrogens with two attached hydrogens (primary N) is 1. The third-order valence-corrected chi connectivity index (χ3v) is 6.30. The number of alkyl carbamates (subject to hydrolysis) is 1. The third kappa shape index (κ3) is 13.2. The molecule has 0 heterocycles. The van der Waals surface area contributed by atoms with Crippen LogP contribution in [0.15, 0.2) is 24.3 Å². The van der Waals surface area contributed by atoms with Gasteiger partial charge in [0.25, 0.3) is 0 Å². The van der Waals surface area contributed by atoms with Crippen molar-refractivity contribution in [1.29, 1.82) is 0 Å². The number of amides is 4. The molecule has 40 heavy (non-hydrogen) atoms. The number of primary amides is 1. The standard InChI is InChI=1S/C30H50N4O6/c1-6-8-10-11-12-16-20-34(28(38)23(21-25(31)36)33-29(39)40-30(3,4)5)26(22-17-13-14-18-24(22)35)27(37)32-19-15-9-7-2/h13-14,17-18,23,26,35H,6-12,15-16,19-21H2,1-5H3,(H2,31,36)(H,32,37)(H,33,39). The van der Waals surface area contributed by atoms with E-state index in [9.17, 15) is 24.3 Å². The van der Waals surface area contributed by atoms with E-state index in [0.717, 1.165) is 51.4 Å². The molecule has 1 rings (SSSR count). The average Bonchev–Trinajstić information content (AvgIpc) is 2.86. The number of phenolic OH excluding ortho intramolecular Hbond substituents is 1. The maximum Gasteiger partial charge on any atom is 0.408 e. The molecule has 1 aromatic carbocycles. The minimum atomic E-state index is -1.35. The number of benzene rings is 1. The fourth-order valence-corrected chi connectivity index (χ4v) is 4.33. The lowest BCUT2D eigenvalue weighted by Gasteiger charge is -2.34. The zero-order chi connectivity index (χ0) is 30.1. The van der Waals surface area contributed by atoms with Crippen LogP contribution in [0.1, 0.15) is 110 Å².